The van der Waals surface area contributed by atoms with E-state index in [4.69, 9.17) is 4.74 Å². The molecule has 1 aliphatic heterocycles. The number of rotatable bonds is 2. The van der Waals surface area contributed by atoms with Crippen LogP contribution in [0.15, 0.2) is 0 Å². The predicted octanol–water partition coefficient (Wildman–Crippen LogP) is 2.22. The number of hydrogen-bond donors (Lipinski definition) is 0. The second kappa shape index (κ2) is 4.00. The highest BCUT2D eigenvalue weighted by Gasteiger charge is 2.69. The fraction of sp³-hybridized carbons (Fsp3) is 0.846. The van der Waals surface area contributed by atoms with Gasteiger partial charge in [-0.05, 0) is 32.1 Å². The normalized spacial score (nSPS) is 35.8. The van der Waals surface area contributed by atoms with E-state index in [0.29, 0.717) is 24.9 Å². The Kier molecular flexibility index (Phi) is 2.92. The number of amides is 1. The molecule has 96 valence electrons. The third-order valence-electron chi connectivity index (χ3n) is 4.34. The molecule has 1 amide bonds. The minimum absolute atomic E-state index is 0.0650. The van der Waals surface area contributed by atoms with Crippen LogP contribution in [0.25, 0.3) is 0 Å². The van der Waals surface area contributed by atoms with E-state index in [-0.39, 0.29) is 17.9 Å². The van der Waals surface area contributed by atoms with Gasteiger partial charge in [0, 0.05) is 6.42 Å². The van der Waals surface area contributed by atoms with Crippen LogP contribution >= 0.6 is 0 Å². The van der Waals surface area contributed by atoms with Gasteiger partial charge in [0.25, 0.3) is 0 Å². The average Bonchev–Trinajstić information content (AvgIpc) is 2.85. The van der Waals surface area contributed by atoms with Gasteiger partial charge in [0.05, 0.1) is 12.6 Å². The summed E-state index contributed by atoms with van der Waals surface area (Å²) in [5.74, 6) is 1.09. The van der Waals surface area contributed by atoms with Crippen molar-refractivity contribution in [1.29, 1.82) is 0 Å². The summed E-state index contributed by atoms with van der Waals surface area (Å²) in [7, 11) is 0. The number of hydrogen-bond acceptors (Lipinski definition) is 3. The Morgan fingerprint density at radius 1 is 1.59 bits per heavy atom. The second-order valence-corrected chi connectivity index (χ2v) is 5.60. The van der Waals surface area contributed by atoms with Crippen LogP contribution in [0, 0.1) is 11.8 Å². The van der Waals surface area contributed by atoms with Crippen LogP contribution in [-0.2, 0) is 9.53 Å². The Hall–Kier alpha value is -1.06. The van der Waals surface area contributed by atoms with Crippen molar-refractivity contribution in [3.63, 3.8) is 0 Å². The van der Waals surface area contributed by atoms with Gasteiger partial charge >= 0.3 is 6.09 Å². The van der Waals surface area contributed by atoms with Crippen molar-refractivity contribution in [2.45, 2.75) is 52.1 Å². The molecule has 2 rings (SSSR count). The van der Waals surface area contributed by atoms with E-state index in [2.05, 4.69) is 13.8 Å². The van der Waals surface area contributed by atoms with Crippen LogP contribution in [0.4, 0.5) is 4.79 Å². The Bertz CT molecular complexity index is 353. The quantitative estimate of drug-likeness (QED) is 0.694. The Labute approximate surface area is 102 Å². The van der Waals surface area contributed by atoms with Crippen LogP contribution < -0.4 is 0 Å². The lowest BCUT2D eigenvalue weighted by molar-refractivity contribution is -0.124. The molecule has 1 saturated carbocycles. The summed E-state index contributed by atoms with van der Waals surface area (Å²) < 4.78 is 5.00. The SMILES string of the molecule is CCOC(=O)N1C2C[C@@H](C(C)C)CC(=O)C21C. The second-order valence-electron chi connectivity index (χ2n) is 5.60. The maximum Gasteiger partial charge on any atom is 0.410 e. The molecular formula is C13H21NO3. The van der Waals surface area contributed by atoms with Crippen molar-refractivity contribution >= 4 is 11.9 Å². The molecule has 0 aromatic heterocycles. The molecule has 0 N–H and O–H groups in total. The van der Waals surface area contributed by atoms with E-state index >= 15 is 0 Å². The average molecular weight is 239 g/mol. The third kappa shape index (κ3) is 1.74. The molecule has 4 heteroatoms. The van der Waals surface area contributed by atoms with Crippen molar-refractivity contribution in [3.05, 3.63) is 0 Å². The molecule has 1 saturated heterocycles. The largest absolute Gasteiger partial charge is 0.450 e. The van der Waals surface area contributed by atoms with Gasteiger partial charge in [-0.2, -0.15) is 0 Å². The zero-order chi connectivity index (χ0) is 12.8. The third-order valence-corrected chi connectivity index (χ3v) is 4.34. The molecule has 0 aromatic rings. The number of Topliss-reactive ketones (excluding diaryl/α,β-unsaturated/α-hetero) is 1. The summed E-state index contributed by atoms with van der Waals surface area (Å²) in [5, 5.41) is 0. The van der Waals surface area contributed by atoms with Gasteiger partial charge in [0.15, 0.2) is 5.78 Å². The van der Waals surface area contributed by atoms with Crippen LogP contribution in [0.2, 0.25) is 0 Å². The molecule has 4 nitrogen and oxygen atoms in total. The topological polar surface area (TPSA) is 46.4 Å². The first-order valence-electron chi connectivity index (χ1n) is 6.42. The Morgan fingerprint density at radius 3 is 2.76 bits per heavy atom. The molecule has 2 aliphatic rings. The van der Waals surface area contributed by atoms with Crippen LogP contribution in [0.5, 0.6) is 0 Å². The summed E-state index contributed by atoms with van der Waals surface area (Å²) in [6.07, 6.45) is 1.19. The highest BCUT2D eigenvalue weighted by Crippen LogP contribution is 2.51. The molecule has 2 fully saturated rings. The van der Waals surface area contributed by atoms with E-state index in [1.807, 2.05) is 6.92 Å². The lowest BCUT2D eigenvalue weighted by Gasteiger charge is -2.24. The zero-order valence-electron chi connectivity index (χ0n) is 11.0. The minimum Gasteiger partial charge on any atom is -0.450 e. The monoisotopic (exact) mass is 239 g/mol. The standard InChI is InChI=1S/C13H21NO3/c1-5-17-12(16)14-10-6-9(8(2)3)7-11(15)13(10,14)4/h8-10H,5-7H2,1-4H3/t9-,10?,13?,14?/m1/s1. The molecule has 2 unspecified atom stereocenters. The maximum atomic E-state index is 12.1. The number of ketones is 1. The molecule has 0 radical (unpaired) electrons. The fourth-order valence-electron chi connectivity index (χ4n) is 2.95. The van der Waals surface area contributed by atoms with Crippen LogP contribution in [0.1, 0.15) is 40.5 Å². The maximum absolute atomic E-state index is 12.1. The van der Waals surface area contributed by atoms with Crippen molar-refractivity contribution in [3.8, 4) is 0 Å². The predicted molar refractivity (Wildman–Crippen MR) is 63.6 cm³/mol. The number of carbonyl (C=O) groups is 2. The number of nitrogens with zero attached hydrogens (tertiary/aromatic N) is 1. The van der Waals surface area contributed by atoms with E-state index < -0.39 is 5.54 Å². The first-order valence-corrected chi connectivity index (χ1v) is 6.42. The summed E-state index contributed by atoms with van der Waals surface area (Å²) in [6.45, 7) is 8.29. The van der Waals surface area contributed by atoms with Crippen molar-refractivity contribution in [2.75, 3.05) is 6.61 Å². The summed E-state index contributed by atoms with van der Waals surface area (Å²) in [4.78, 5) is 25.5. The molecular weight excluding hydrogens is 218 g/mol. The number of likely N-dealkylation sites (tertiary alicyclic amines) is 1. The number of carbonyl (C=O) groups excluding carboxylic acids is 2. The van der Waals surface area contributed by atoms with E-state index in [0.717, 1.165) is 6.42 Å². The summed E-state index contributed by atoms with van der Waals surface area (Å²) in [6, 6.07) is 0.0650. The molecule has 0 aromatic carbocycles. The highest BCUT2D eigenvalue weighted by molar-refractivity contribution is 5.98. The fourth-order valence-corrected chi connectivity index (χ4v) is 2.95. The van der Waals surface area contributed by atoms with Crippen molar-refractivity contribution < 1.29 is 14.3 Å². The van der Waals surface area contributed by atoms with E-state index in [1.165, 1.54) is 0 Å². The molecule has 0 bridgehead atoms. The van der Waals surface area contributed by atoms with Gasteiger partial charge in [0.2, 0.25) is 0 Å². The van der Waals surface area contributed by atoms with Crippen LogP contribution in [0.3, 0.4) is 0 Å². The molecule has 3 atom stereocenters. The number of fused-ring (bicyclic) bond motifs is 1. The van der Waals surface area contributed by atoms with Gasteiger partial charge in [-0.1, -0.05) is 13.8 Å². The summed E-state index contributed by atoms with van der Waals surface area (Å²) in [5.41, 5.74) is -0.572. The minimum atomic E-state index is -0.572. The Morgan fingerprint density at radius 2 is 2.24 bits per heavy atom. The van der Waals surface area contributed by atoms with Crippen LogP contribution in [-0.4, -0.2) is 35.0 Å². The zero-order valence-corrected chi connectivity index (χ0v) is 11.0. The smallest absolute Gasteiger partial charge is 0.410 e. The first kappa shape index (κ1) is 12.4. The van der Waals surface area contributed by atoms with Gasteiger partial charge in [-0.25, -0.2) is 4.79 Å². The first-order chi connectivity index (χ1) is 7.92. The van der Waals surface area contributed by atoms with Gasteiger partial charge in [-0.15, -0.1) is 0 Å². The van der Waals surface area contributed by atoms with Crippen molar-refractivity contribution in [1.82, 2.24) is 4.90 Å². The highest BCUT2D eigenvalue weighted by atomic mass is 16.6. The van der Waals surface area contributed by atoms with Crippen molar-refractivity contribution in [2.24, 2.45) is 11.8 Å². The summed E-state index contributed by atoms with van der Waals surface area (Å²) >= 11 is 0. The lowest BCUT2D eigenvalue weighted by atomic mass is 9.77. The lowest BCUT2D eigenvalue weighted by Crippen LogP contribution is -2.35. The molecule has 1 heterocycles. The molecule has 1 aliphatic carbocycles. The van der Waals surface area contributed by atoms with Gasteiger partial charge in [0.1, 0.15) is 5.54 Å². The Balaban J connectivity index is 2.11. The molecule has 0 spiro atoms. The van der Waals surface area contributed by atoms with E-state index in [9.17, 15) is 9.59 Å². The van der Waals surface area contributed by atoms with Gasteiger partial charge < -0.3 is 4.74 Å². The van der Waals surface area contributed by atoms with Gasteiger partial charge in [-0.3, -0.25) is 9.69 Å². The van der Waals surface area contributed by atoms with E-state index in [1.54, 1.807) is 11.8 Å². The number of ether oxygens (including phenoxy) is 1. The molecule has 17 heavy (non-hydrogen) atoms.